The number of alkyl carbamates (subject to hydrolysis) is 1. The fourth-order valence-corrected chi connectivity index (χ4v) is 1.42. The number of carbonyl (C=O) groups is 1. The number of amides is 1. The van der Waals surface area contributed by atoms with Crippen LogP contribution in [0.3, 0.4) is 0 Å². The van der Waals surface area contributed by atoms with Gasteiger partial charge in [0.1, 0.15) is 5.60 Å². The summed E-state index contributed by atoms with van der Waals surface area (Å²) in [6, 6.07) is 0.183. The predicted molar refractivity (Wildman–Crippen MR) is 54.7 cm³/mol. The molecular formula is C10H19N2O2-. The van der Waals surface area contributed by atoms with Gasteiger partial charge in [0.2, 0.25) is 0 Å². The van der Waals surface area contributed by atoms with E-state index in [1.807, 2.05) is 25.7 Å². The molecule has 0 radical (unpaired) electrons. The molecule has 82 valence electrons. The lowest BCUT2D eigenvalue weighted by Gasteiger charge is -2.22. The number of hydrogen-bond donors (Lipinski definition) is 1. The third-order valence-corrected chi connectivity index (χ3v) is 1.99. The highest BCUT2D eigenvalue weighted by Gasteiger charge is 2.21. The average Bonchev–Trinajstić information content (AvgIpc) is 2.30. The van der Waals surface area contributed by atoms with Crippen molar-refractivity contribution in [3.63, 3.8) is 0 Å². The Hall–Kier alpha value is -0.770. The molecule has 1 aliphatic heterocycles. The number of ether oxygens (including phenoxy) is 1. The quantitative estimate of drug-likeness (QED) is 0.649. The van der Waals surface area contributed by atoms with Crippen molar-refractivity contribution in [2.45, 2.75) is 38.8 Å². The van der Waals surface area contributed by atoms with Crippen LogP contribution in [0, 0.1) is 7.05 Å². The Morgan fingerprint density at radius 2 is 2.21 bits per heavy atom. The third-order valence-electron chi connectivity index (χ3n) is 1.99. The van der Waals surface area contributed by atoms with Crippen molar-refractivity contribution in [1.82, 2.24) is 10.2 Å². The van der Waals surface area contributed by atoms with Crippen molar-refractivity contribution in [2.24, 2.45) is 0 Å². The normalized spacial score (nSPS) is 23.6. The molecule has 0 unspecified atom stereocenters. The standard InChI is InChI=1S/C10H19N2O2/c1-10(2,3)14-9(13)11-8-5-6-12(4)7-8/h8H,4-7H2,1-3H3,(H,11,13)/q-1/t8-/m1/s1. The van der Waals surface area contributed by atoms with E-state index in [-0.39, 0.29) is 12.1 Å². The molecule has 4 nitrogen and oxygen atoms in total. The highest BCUT2D eigenvalue weighted by Crippen LogP contribution is 2.10. The number of rotatable bonds is 1. The molecule has 0 saturated carbocycles. The summed E-state index contributed by atoms with van der Waals surface area (Å²) in [5.41, 5.74) is -0.424. The summed E-state index contributed by atoms with van der Waals surface area (Å²) in [6.07, 6.45) is 0.612. The molecule has 0 aromatic carbocycles. The van der Waals surface area contributed by atoms with Gasteiger partial charge in [0.05, 0.1) is 0 Å². The molecule has 1 saturated heterocycles. The van der Waals surface area contributed by atoms with Gasteiger partial charge in [0.15, 0.2) is 0 Å². The second-order valence-corrected chi connectivity index (χ2v) is 4.71. The fraction of sp³-hybridized carbons (Fsp3) is 0.800. The molecule has 4 heteroatoms. The van der Waals surface area contributed by atoms with Crippen molar-refractivity contribution in [2.75, 3.05) is 13.1 Å². The van der Waals surface area contributed by atoms with Gasteiger partial charge < -0.3 is 15.0 Å². The second-order valence-electron chi connectivity index (χ2n) is 4.71. The number of nitrogens with zero attached hydrogens (tertiary/aromatic N) is 1. The first-order chi connectivity index (χ1) is 6.37. The van der Waals surface area contributed by atoms with Crippen LogP contribution < -0.4 is 5.32 Å². The van der Waals surface area contributed by atoms with Gasteiger partial charge in [-0.1, -0.05) is 0 Å². The van der Waals surface area contributed by atoms with E-state index in [1.165, 1.54) is 0 Å². The van der Waals surface area contributed by atoms with E-state index >= 15 is 0 Å². The van der Waals surface area contributed by atoms with Crippen LogP contribution in [0.4, 0.5) is 4.79 Å². The van der Waals surface area contributed by atoms with E-state index in [2.05, 4.69) is 12.4 Å². The SMILES string of the molecule is [CH2-]N1CC[C@@H](NC(=O)OC(C)(C)C)C1. The van der Waals surface area contributed by atoms with Gasteiger partial charge in [0, 0.05) is 6.04 Å². The van der Waals surface area contributed by atoms with Gasteiger partial charge in [-0.05, 0) is 40.3 Å². The molecule has 1 fully saturated rings. The van der Waals surface area contributed by atoms with E-state index in [4.69, 9.17) is 4.74 Å². The Kier molecular flexibility index (Phi) is 3.37. The van der Waals surface area contributed by atoms with Gasteiger partial charge >= 0.3 is 6.09 Å². The first-order valence-electron chi connectivity index (χ1n) is 4.92. The third kappa shape index (κ3) is 3.96. The summed E-state index contributed by atoms with van der Waals surface area (Å²) in [5, 5.41) is 2.82. The van der Waals surface area contributed by atoms with Gasteiger partial charge in [-0.3, -0.25) is 7.05 Å². The van der Waals surface area contributed by atoms with Gasteiger partial charge in [0.25, 0.3) is 0 Å². The Labute approximate surface area is 85.6 Å². The summed E-state index contributed by atoms with van der Waals surface area (Å²) in [7, 11) is 3.81. The van der Waals surface area contributed by atoms with E-state index in [9.17, 15) is 4.79 Å². The van der Waals surface area contributed by atoms with Crippen molar-refractivity contribution in [3.8, 4) is 0 Å². The fourth-order valence-electron chi connectivity index (χ4n) is 1.42. The van der Waals surface area contributed by atoms with Crippen molar-refractivity contribution in [3.05, 3.63) is 7.05 Å². The molecular weight excluding hydrogens is 180 g/mol. The van der Waals surface area contributed by atoms with Crippen molar-refractivity contribution < 1.29 is 9.53 Å². The number of carbonyl (C=O) groups excluding carboxylic acids is 1. The van der Waals surface area contributed by atoms with Gasteiger partial charge in [-0.25, -0.2) is 4.79 Å². The lowest BCUT2D eigenvalue weighted by atomic mass is 10.2. The van der Waals surface area contributed by atoms with E-state index in [1.54, 1.807) is 0 Å². The minimum absolute atomic E-state index is 0.183. The maximum atomic E-state index is 11.3. The Morgan fingerprint density at radius 1 is 1.57 bits per heavy atom. The highest BCUT2D eigenvalue weighted by molar-refractivity contribution is 5.68. The molecule has 1 amide bonds. The maximum Gasteiger partial charge on any atom is 0.407 e. The summed E-state index contributed by atoms with van der Waals surface area (Å²) in [4.78, 5) is 13.3. The molecule has 0 aromatic rings. The number of nitrogens with one attached hydrogen (secondary N) is 1. The first kappa shape index (κ1) is 11.3. The molecule has 0 aliphatic carbocycles. The lowest BCUT2D eigenvalue weighted by Crippen LogP contribution is -2.40. The van der Waals surface area contributed by atoms with E-state index in [0.29, 0.717) is 0 Å². The van der Waals surface area contributed by atoms with E-state index < -0.39 is 5.60 Å². The van der Waals surface area contributed by atoms with Crippen LogP contribution >= 0.6 is 0 Å². The maximum absolute atomic E-state index is 11.3. The summed E-state index contributed by atoms with van der Waals surface area (Å²) in [5.74, 6) is 0. The molecule has 1 aliphatic rings. The van der Waals surface area contributed by atoms with Crippen molar-refractivity contribution in [1.29, 1.82) is 0 Å². The Morgan fingerprint density at radius 3 is 2.64 bits per heavy atom. The molecule has 1 atom stereocenters. The summed E-state index contributed by atoms with van der Waals surface area (Å²) >= 11 is 0. The topological polar surface area (TPSA) is 41.6 Å². The van der Waals surface area contributed by atoms with Crippen LogP contribution in [0.5, 0.6) is 0 Å². The summed E-state index contributed by atoms with van der Waals surface area (Å²) < 4.78 is 5.15. The minimum atomic E-state index is -0.424. The molecule has 1 N–H and O–H groups in total. The zero-order valence-corrected chi connectivity index (χ0v) is 9.17. The van der Waals surface area contributed by atoms with Gasteiger partial charge in [-0.15, -0.1) is 0 Å². The monoisotopic (exact) mass is 199 g/mol. The van der Waals surface area contributed by atoms with E-state index in [0.717, 1.165) is 19.5 Å². The van der Waals surface area contributed by atoms with Gasteiger partial charge in [-0.2, -0.15) is 0 Å². The van der Waals surface area contributed by atoms with Crippen LogP contribution in [0.1, 0.15) is 27.2 Å². The molecule has 1 heterocycles. The minimum Gasteiger partial charge on any atom is -0.457 e. The smallest absolute Gasteiger partial charge is 0.407 e. The van der Waals surface area contributed by atoms with Crippen LogP contribution in [-0.2, 0) is 4.74 Å². The zero-order valence-electron chi connectivity index (χ0n) is 9.17. The number of hydrogen-bond acceptors (Lipinski definition) is 3. The Balaban J connectivity index is 2.27. The predicted octanol–water partition coefficient (Wildman–Crippen LogP) is 1.38. The molecule has 1 rings (SSSR count). The molecule has 14 heavy (non-hydrogen) atoms. The molecule has 0 aromatic heterocycles. The van der Waals surface area contributed by atoms with Crippen LogP contribution in [-0.4, -0.2) is 35.7 Å². The zero-order chi connectivity index (χ0) is 10.8. The van der Waals surface area contributed by atoms with Crippen LogP contribution in [0.15, 0.2) is 0 Å². The number of likely N-dealkylation sites (tertiary alicyclic amines) is 1. The first-order valence-corrected chi connectivity index (χ1v) is 4.92. The summed E-state index contributed by atoms with van der Waals surface area (Å²) in [6.45, 7) is 7.30. The second kappa shape index (κ2) is 4.17. The largest absolute Gasteiger partial charge is 0.457 e. The lowest BCUT2D eigenvalue weighted by molar-refractivity contribution is 0.0507. The van der Waals surface area contributed by atoms with Crippen molar-refractivity contribution >= 4 is 6.09 Å². The molecule has 0 spiro atoms. The average molecular weight is 199 g/mol. The van der Waals surface area contributed by atoms with Crippen LogP contribution in [0.2, 0.25) is 0 Å². The van der Waals surface area contributed by atoms with Crippen LogP contribution in [0.25, 0.3) is 0 Å². The highest BCUT2D eigenvalue weighted by atomic mass is 16.6. The molecule has 0 bridgehead atoms. The Bertz CT molecular complexity index is 211.